The van der Waals surface area contributed by atoms with Crippen LogP contribution < -0.4 is 4.90 Å². The van der Waals surface area contributed by atoms with E-state index >= 15 is 0 Å². The molecule has 0 radical (unpaired) electrons. The zero-order chi connectivity index (χ0) is 19.3. The molecule has 1 aliphatic heterocycles. The SMILES string of the molecule is CCN(CC)c1ccc(C(=O)OC(C)C(=O)N2CC(C)OC(C)C2)cc1. The number of carbonyl (C=O) groups excluding carboxylic acids is 2. The maximum atomic E-state index is 12.6. The Morgan fingerprint density at radius 1 is 1.15 bits per heavy atom. The van der Waals surface area contributed by atoms with Gasteiger partial charge in [0.2, 0.25) is 0 Å². The van der Waals surface area contributed by atoms with Crippen LogP contribution in [0, 0.1) is 0 Å². The first kappa shape index (κ1) is 20.2. The van der Waals surface area contributed by atoms with E-state index in [2.05, 4.69) is 18.7 Å². The molecule has 144 valence electrons. The van der Waals surface area contributed by atoms with Crippen LogP contribution >= 0.6 is 0 Å². The first-order valence-electron chi connectivity index (χ1n) is 9.35. The number of morpholine rings is 1. The van der Waals surface area contributed by atoms with Crippen LogP contribution in [0.5, 0.6) is 0 Å². The lowest BCUT2D eigenvalue weighted by Gasteiger charge is -2.36. The van der Waals surface area contributed by atoms with Gasteiger partial charge in [0.05, 0.1) is 17.8 Å². The fourth-order valence-corrected chi connectivity index (χ4v) is 3.29. The van der Waals surface area contributed by atoms with Gasteiger partial charge in [-0.2, -0.15) is 0 Å². The summed E-state index contributed by atoms with van der Waals surface area (Å²) in [4.78, 5) is 28.8. The number of nitrogens with zero attached hydrogens (tertiary/aromatic N) is 2. The number of esters is 1. The summed E-state index contributed by atoms with van der Waals surface area (Å²) in [6.07, 6.45) is -0.848. The standard InChI is InChI=1S/C20H30N2O4/c1-6-21(7-2)18-10-8-17(9-11-18)20(24)26-16(5)19(23)22-12-14(3)25-15(4)13-22/h8-11,14-16H,6-7,12-13H2,1-5H3. The second kappa shape index (κ2) is 9.03. The summed E-state index contributed by atoms with van der Waals surface area (Å²) in [5.41, 5.74) is 1.51. The van der Waals surface area contributed by atoms with Crippen LogP contribution in [0.1, 0.15) is 45.0 Å². The average Bonchev–Trinajstić information content (AvgIpc) is 2.61. The van der Waals surface area contributed by atoms with Crippen molar-refractivity contribution >= 4 is 17.6 Å². The number of hydrogen-bond acceptors (Lipinski definition) is 5. The van der Waals surface area contributed by atoms with Crippen LogP contribution in [-0.2, 0) is 14.3 Å². The Morgan fingerprint density at radius 3 is 2.19 bits per heavy atom. The Hall–Kier alpha value is -2.08. The largest absolute Gasteiger partial charge is 0.449 e. The lowest BCUT2D eigenvalue weighted by molar-refractivity contribution is -0.151. The minimum Gasteiger partial charge on any atom is -0.449 e. The third-order valence-electron chi connectivity index (χ3n) is 4.59. The fourth-order valence-electron chi connectivity index (χ4n) is 3.29. The Morgan fingerprint density at radius 2 is 1.69 bits per heavy atom. The molecular formula is C20H30N2O4. The van der Waals surface area contributed by atoms with E-state index in [4.69, 9.17) is 9.47 Å². The van der Waals surface area contributed by atoms with Gasteiger partial charge in [0, 0.05) is 31.9 Å². The zero-order valence-electron chi connectivity index (χ0n) is 16.4. The fraction of sp³-hybridized carbons (Fsp3) is 0.600. The normalized spacial score (nSPS) is 21.2. The van der Waals surface area contributed by atoms with E-state index < -0.39 is 12.1 Å². The second-order valence-corrected chi connectivity index (χ2v) is 6.77. The Bertz CT molecular complexity index is 603. The molecule has 1 aromatic carbocycles. The van der Waals surface area contributed by atoms with Crippen LogP contribution in [0.25, 0.3) is 0 Å². The van der Waals surface area contributed by atoms with Crippen molar-refractivity contribution in [3.05, 3.63) is 29.8 Å². The molecule has 3 unspecified atom stereocenters. The highest BCUT2D eigenvalue weighted by Crippen LogP contribution is 2.17. The molecule has 6 heteroatoms. The summed E-state index contributed by atoms with van der Waals surface area (Å²) in [6.45, 7) is 12.5. The highest BCUT2D eigenvalue weighted by Gasteiger charge is 2.30. The Kier molecular flexibility index (Phi) is 7.03. The maximum Gasteiger partial charge on any atom is 0.338 e. The molecule has 0 spiro atoms. The highest BCUT2D eigenvalue weighted by molar-refractivity contribution is 5.92. The van der Waals surface area contributed by atoms with Crippen LogP contribution in [0.2, 0.25) is 0 Å². The van der Waals surface area contributed by atoms with E-state index in [0.29, 0.717) is 18.7 Å². The first-order chi connectivity index (χ1) is 12.3. The van der Waals surface area contributed by atoms with E-state index in [1.165, 1.54) is 0 Å². The van der Waals surface area contributed by atoms with E-state index in [1.807, 2.05) is 26.0 Å². The minimum atomic E-state index is -0.817. The maximum absolute atomic E-state index is 12.6. The second-order valence-electron chi connectivity index (χ2n) is 6.77. The van der Waals surface area contributed by atoms with E-state index in [1.54, 1.807) is 24.0 Å². The van der Waals surface area contributed by atoms with Crippen molar-refractivity contribution in [3.63, 3.8) is 0 Å². The Labute approximate surface area is 156 Å². The summed E-state index contributed by atoms with van der Waals surface area (Å²) in [7, 11) is 0. The van der Waals surface area contributed by atoms with Crippen molar-refractivity contribution in [1.82, 2.24) is 4.90 Å². The average molecular weight is 362 g/mol. The molecule has 1 heterocycles. The third-order valence-corrected chi connectivity index (χ3v) is 4.59. The third kappa shape index (κ3) is 4.97. The summed E-state index contributed by atoms with van der Waals surface area (Å²) < 4.78 is 11.0. The number of benzene rings is 1. The van der Waals surface area contributed by atoms with E-state index in [9.17, 15) is 9.59 Å². The molecule has 1 amide bonds. The molecule has 1 aromatic rings. The quantitative estimate of drug-likeness (QED) is 0.728. The number of carbonyl (C=O) groups is 2. The molecule has 0 N–H and O–H groups in total. The minimum absolute atomic E-state index is 0.0155. The predicted octanol–water partition coefficient (Wildman–Crippen LogP) is 2.71. The highest BCUT2D eigenvalue weighted by atomic mass is 16.5. The zero-order valence-corrected chi connectivity index (χ0v) is 16.4. The van der Waals surface area contributed by atoms with Crippen LogP contribution in [0.4, 0.5) is 5.69 Å². The van der Waals surface area contributed by atoms with Crippen LogP contribution in [0.3, 0.4) is 0 Å². The predicted molar refractivity (Wildman–Crippen MR) is 101 cm³/mol. The number of hydrogen-bond donors (Lipinski definition) is 0. The summed E-state index contributed by atoms with van der Waals surface area (Å²) in [5.74, 6) is -0.661. The molecule has 2 rings (SSSR count). The van der Waals surface area contributed by atoms with Crippen LogP contribution in [-0.4, -0.2) is 61.3 Å². The van der Waals surface area contributed by atoms with Gasteiger partial charge in [0.1, 0.15) is 0 Å². The molecular weight excluding hydrogens is 332 g/mol. The van der Waals surface area contributed by atoms with Crippen molar-refractivity contribution in [1.29, 1.82) is 0 Å². The van der Waals surface area contributed by atoms with Crippen LogP contribution in [0.15, 0.2) is 24.3 Å². The summed E-state index contributed by atoms with van der Waals surface area (Å²) in [6, 6.07) is 7.29. The molecule has 0 bridgehead atoms. The monoisotopic (exact) mass is 362 g/mol. The van der Waals surface area contributed by atoms with Gasteiger partial charge >= 0.3 is 5.97 Å². The topological polar surface area (TPSA) is 59.1 Å². The molecule has 0 aliphatic carbocycles. The number of rotatable bonds is 6. The number of ether oxygens (including phenoxy) is 2. The van der Waals surface area contributed by atoms with Crippen molar-refractivity contribution in [2.24, 2.45) is 0 Å². The van der Waals surface area contributed by atoms with E-state index in [-0.39, 0.29) is 18.1 Å². The van der Waals surface area contributed by atoms with Crippen molar-refractivity contribution in [3.8, 4) is 0 Å². The lowest BCUT2D eigenvalue weighted by atomic mass is 10.2. The van der Waals surface area contributed by atoms with Crippen molar-refractivity contribution in [2.75, 3.05) is 31.1 Å². The van der Waals surface area contributed by atoms with Gasteiger partial charge in [-0.15, -0.1) is 0 Å². The van der Waals surface area contributed by atoms with Gasteiger partial charge in [-0.3, -0.25) is 4.79 Å². The van der Waals surface area contributed by atoms with Gasteiger partial charge in [0.25, 0.3) is 5.91 Å². The van der Waals surface area contributed by atoms with Gasteiger partial charge in [-0.25, -0.2) is 4.79 Å². The summed E-state index contributed by atoms with van der Waals surface area (Å²) in [5, 5.41) is 0. The molecule has 26 heavy (non-hydrogen) atoms. The Balaban J connectivity index is 1.96. The molecule has 1 aliphatic rings. The summed E-state index contributed by atoms with van der Waals surface area (Å²) >= 11 is 0. The number of amides is 1. The molecule has 6 nitrogen and oxygen atoms in total. The molecule has 0 aromatic heterocycles. The van der Waals surface area contributed by atoms with Crippen molar-refractivity contribution in [2.45, 2.75) is 52.9 Å². The van der Waals surface area contributed by atoms with Gasteiger partial charge in [-0.05, 0) is 58.9 Å². The van der Waals surface area contributed by atoms with Gasteiger partial charge in [-0.1, -0.05) is 0 Å². The van der Waals surface area contributed by atoms with Gasteiger partial charge < -0.3 is 19.3 Å². The van der Waals surface area contributed by atoms with Crippen molar-refractivity contribution < 1.29 is 19.1 Å². The first-order valence-corrected chi connectivity index (χ1v) is 9.35. The van der Waals surface area contributed by atoms with E-state index in [0.717, 1.165) is 18.8 Å². The molecule has 3 atom stereocenters. The van der Waals surface area contributed by atoms with Gasteiger partial charge in [0.15, 0.2) is 6.10 Å². The molecule has 1 saturated heterocycles. The lowest BCUT2D eigenvalue weighted by Crippen LogP contribution is -2.51. The molecule has 0 saturated carbocycles. The molecule has 1 fully saturated rings. The smallest absolute Gasteiger partial charge is 0.338 e. The number of anilines is 1.